The molecule has 2 bridgehead atoms. The van der Waals surface area contributed by atoms with Crippen molar-refractivity contribution in [2.45, 2.75) is 24.9 Å². The molecule has 0 spiro atoms. The minimum absolute atomic E-state index is 0. The number of likely N-dealkylation sites (tertiary alicyclic amines) is 1. The highest BCUT2D eigenvalue weighted by molar-refractivity contribution is 5.94. The Morgan fingerprint density at radius 3 is 2.64 bits per heavy atom. The molecule has 2 atom stereocenters. The van der Waals surface area contributed by atoms with Gasteiger partial charge in [0.2, 0.25) is 5.91 Å². The van der Waals surface area contributed by atoms with Crippen LogP contribution in [0.5, 0.6) is 0 Å². The molecule has 2 aliphatic heterocycles. The maximum Gasteiger partial charge on any atom is 0.281 e. The summed E-state index contributed by atoms with van der Waals surface area (Å²) in [5, 5.41) is 0. The van der Waals surface area contributed by atoms with E-state index in [0.717, 1.165) is 44.6 Å². The van der Waals surface area contributed by atoms with Crippen molar-refractivity contribution in [1.82, 2.24) is 9.88 Å². The number of nitrogens with zero attached hydrogens (tertiary/aromatic N) is 4. The number of aromatic nitrogens is 1. The molecule has 2 unspecified atom stereocenters. The lowest BCUT2D eigenvalue weighted by Crippen LogP contribution is -2.59. The van der Waals surface area contributed by atoms with Crippen LogP contribution in [0.3, 0.4) is 0 Å². The SMILES string of the molecule is COC1(c2cncc(C(N)=O)c2)C2CCCC1CN(CC1=NC=[N+](C)C1)C2.Cl. The van der Waals surface area contributed by atoms with Crippen molar-refractivity contribution in [3.8, 4) is 0 Å². The summed E-state index contributed by atoms with van der Waals surface area (Å²) in [6.07, 6.45) is 8.72. The van der Waals surface area contributed by atoms with E-state index in [2.05, 4.69) is 26.5 Å². The van der Waals surface area contributed by atoms with E-state index in [-0.39, 0.29) is 12.4 Å². The second-order valence-electron chi connectivity index (χ2n) is 8.07. The van der Waals surface area contributed by atoms with Crippen LogP contribution in [0.1, 0.15) is 35.2 Å². The Labute approximate surface area is 172 Å². The standard InChI is InChI=1S/C20H27N5O2.ClH/c1-24-11-18(23-13-24)12-25-9-15-4-3-5-16(10-25)20(15,27-2)17-6-14(19(21)26)7-22-8-17;/h6-8,13,15-16H,3-5,9-12H2,1-2H3,(H-,21,26);1H/p+1. The van der Waals surface area contributed by atoms with E-state index in [1.807, 2.05) is 18.6 Å². The van der Waals surface area contributed by atoms with Crippen LogP contribution in [0.4, 0.5) is 0 Å². The van der Waals surface area contributed by atoms with E-state index in [1.165, 1.54) is 18.3 Å². The Kier molecular flexibility index (Phi) is 6.17. The number of hydrogen-bond donors (Lipinski definition) is 1. The normalized spacial score (nSPS) is 29.6. The van der Waals surface area contributed by atoms with E-state index in [9.17, 15) is 4.79 Å². The first-order valence-electron chi connectivity index (χ1n) is 9.65. The summed E-state index contributed by atoms with van der Waals surface area (Å²) in [5.41, 5.74) is 7.75. The zero-order valence-corrected chi connectivity index (χ0v) is 17.3. The van der Waals surface area contributed by atoms with Gasteiger partial charge in [-0.1, -0.05) is 11.4 Å². The molecule has 152 valence electrons. The monoisotopic (exact) mass is 406 g/mol. The molecule has 3 heterocycles. The molecule has 8 heteroatoms. The summed E-state index contributed by atoms with van der Waals surface area (Å²) >= 11 is 0. The number of carbonyl (C=O) groups excluding carboxylic acids is 1. The van der Waals surface area contributed by atoms with Gasteiger partial charge in [-0.25, -0.2) is 0 Å². The van der Waals surface area contributed by atoms with Crippen molar-refractivity contribution >= 4 is 30.4 Å². The number of nitrogens with two attached hydrogens (primary N) is 1. The maximum atomic E-state index is 11.7. The van der Waals surface area contributed by atoms with Crippen LogP contribution < -0.4 is 5.73 Å². The molecule has 1 aromatic rings. The molecule has 1 saturated carbocycles. The summed E-state index contributed by atoms with van der Waals surface area (Å²) in [7, 11) is 3.85. The number of primary amides is 1. The fraction of sp³-hybridized carbons (Fsp3) is 0.600. The minimum Gasteiger partial charge on any atom is -0.373 e. The number of carbonyl (C=O) groups is 1. The number of halogens is 1. The van der Waals surface area contributed by atoms with Gasteiger partial charge in [0.15, 0.2) is 5.71 Å². The van der Waals surface area contributed by atoms with Crippen LogP contribution in [0.2, 0.25) is 0 Å². The second kappa shape index (κ2) is 8.27. The Balaban J connectivity index is 0.00000225. The van der Waals surface area contributed by atoms with Gasteiger partial charge in [0.1, 0.15) is 12.1 Å². The van der Waals surface area contributed by atoms with Crippen LogP contribution >= 0.6 is 12.4 Å². The van der Waals surface area contributed by atoms with Crippen LogP contribution in [-0.4, -0.2) is 72.8 Å². The summed E-state index contributed by atoms with van der Waals surface area (Å²) < 4.78 is 8.35. The molecule has 1 aromatic heterocycles. The van der Waals surface area contributed by atoms with Crippen LogP contribution in [-0.2, 0) is 10.3 Å². The summed E-state index contributed by atoms with van der Waals surface area (Å²) in [6, 6.07) is 1.88. The number of hydrogen-bond acceptors (Lipinski definition) is 5. The van der Waals surface area contributed by atoms with Crippen LogP contribution in [0, 0.1) is 11.8 Å². The van der Waals surface area contributed by atoms with Gasteiger partial charge in [-0.2, -0.15) is 0 Å². The lowest BCUT2D eigenvalue weighted by Gasteiger charge is -2.55. The lowest BCUT2D eigenvalue weighted by molar-refractivity contribution is -0.473. The number of pyridine rings is 1. The molecule has 28 heavy (non-hydrogen) atoms. The fourth-order valence-corrected chi connectivity index (χ4v) is 5.26. The molecule has 0 radical (unpaired) electrons. The van der Waals surface area contributed by atoms with Crippen molar-refractivity contribution in [1.29, 1.82) is 0 Å². The fourth-order valence-electron chi connectivity index (χ4n) is 5.26. The van der Waals surface area contributed by atoms with Gasteiger partial charge in [0.05, 0.1) is 19.2 Å². The number of aliphatic imine (C=N–C) groups is 1. The number of rotatable bonds is 5. The first kappa shape index (κ1) is 20.9. The van der Waals surface area contributed by atoms with Crippen molar-refractivity contribution in [2.24, 2.45) is 22.6 Å². The zero-order valence-electron chi connectivity index (χ0n) is 16.5. The minimum atomic E-state index is -0.446. The van der Waals surface area contributed by atoms with E-state index >= 15 is 0 Å². The predicted octanol–water partition coefficient (Wildman–Crippen LogP) is 1.30. The predicted molar refractivity (Wildman–Crippen MR) is 111 cm³/mol. The number of amides is 1. The summed E-state index contributed by atoms with van der Waals surface area (Å²) in [6.45, 7) is 3.75. The van der Waals surface area contributed by atoms with Crippen molar-refractivity contribution in [3.63, 3.8) is 0 Å². The Morgan fingerprint density at radius 1 is 1.36 bits per heavy atom. The highest BCUT2D eigenvalue weighted by Gasteiger charge is 2.53. The first-order chi connectivity index (χ1) is 13.0. The molecular formula is C20H29ClN5O2+. The lowest BCUT2D eigenvalue weighted by atomic mass is 9.62. The van der Waals surface area contributed by atoms with Crippen molar-refractivity contribution in [2.75, 3.05) is 40.3 Å². The average molecular weight is 407 g/mol. The van der Waals surface area contributed by atoms with E-state index in [1.54, 1.807) is 7.11 Å². The van der Waals surface area contributed by atoms with Gasteiger partial charge < -0.3 is 10.5 Å². The van der Waals surface area contributed by atoms with Crippen molar-refractivity contribution in [3.05, 3.63) is 29.6 Å². The number of ether oxygens (including phenoxy) is 1. The quantitative estimate of drug-likeness (QED) is 0.747. The molecule has 2 N–H and O–H groups in total. The Morgan fingerprint density at radius 2 is 2.07 bits per heavy atom. The van der Waals surface area contributed by atoms with Crippen LogP contribution in [0.25, 0.3) is 0 Å². The van der Waals surface area contributed by atoms with Gasteiger partial charge in [-0.3, -0.25) is 19.3 Å². The topological polar surface area (TPSA) is 83.8 Å². The molecule has 7 nitrogen and oxygen atoms in total. The molecule has 1 saturated heterocycles. The maximum absolute atomic E-state index is 11.7. The summed E-state index contributed by atoms with van der Waals surface area (Å²) in [4.78, 5) is 23.0. The third-order valence-electron chi connectivity index (χ3n) is 6.36. The molecule has 2 fully saturated rings. The van der Waals surface area contributed by atoms with E-state index in [0.29, 0.717) is 17.4 Å². The number of piperidine rings is 1. The summed E-state index contributed by atoms with van der Waals surface area (Å²) in [5.74, 6) is 0.282. The van der Waals surface area contributed by atoms with E-state index < -0.39 is 11.5 Å². The van der Waals surface area contributed by atoms with Gasteiger partial charge in [-0.05, 0) is 18.9 Å². The highest BCUT2D eigenvalue weighted by atomic mass is 35.5. The third-order valence-corrected chi connectivity index (χ3v) is 6.36. The van der Waals surface area contributed by atoms with Crippen LogP contribution in [0.15, 0.2) is 23.5 Å². The van der Waals surface area contributed by atoms with E-state index in [4.69, 9.17) is 10.5 Å². The van der Waals surface area contributed by atoms with Gasteiger partial charge in [0, 0.05) is 50.0 Å². The van der Waals surface area contributed by atoms with Gasteiger partial charge in [0.25, 0.3) is 6.34 Å². The first-order valence-corrected chi connectivity index (χ1v) is 9.65. The van der Waals surface area contributed by atoms with Gasteiger partial charge >= 0.3 is 0 Å². The molecule has 3 aliphatic rings. The van der Waals surface area contributed by atoms with Crippen molar-refractivity contribution < 1.29 is 14.1 Å². The van der Waals surface area contributed by atoms with Gasteiger partial charge in [-0.15, -0.1) is 12.4 Å². The molecule has 0 aromatic carbocycles. The Hall–Kier alpha value is -1.83. The molecule has 1 aliphatic carbocycles. The molecule has 4 rings (SSSR count). The molecular weight excluding hydrogens is 378 g/mol. The number of methoxy groups -OCH3 is 1. The molecule has 1 amide bonds. The third kappa shape index (κ3) is 3.58. The largest absolute Gasteiger partial charge is 0.373 e. The number of fused-ring (bicyclic) bond motifs is 2. The zero-order chi connectivity index (χ0) is 19.0. The highest BCUT2D eigenvalue weighted by Crippen LogP contribution is 2.51. The smallest absolute Gasteiger partial charge is 0.281 e. The second-order valence-corrected chi connectivity index (χ2v) is 8.07. The average Bonchev–Trinajstić information content (AvgIpc) is 3.06. The Bertz CT molecular complexity index is 796.